The number of hydrogen-bond donors (Lipinski definition) is 3. The molecule has 0 saturated heterocycles. The second kappa shape index (κ2) is 5.06. The van der Waals surface area contributed by atoms with Gasteiger partial charge in [-0.15, -0.1) is 0 Å². The highest BCUT2D eigenvalue weighted by molar-refractivity contribution is 7.89. The quantitative estimate of drug-likeness (QED) is 0.616. The van der Waals surface area contributed by atoms with Gasteiger partial charge in [0.1, 0.15) is 0 Å². The molecule has 0 aliphatic heterocycles. The summed E-state index contributed by atoms with van der Waals surface area (Å²) >= 11 is 0. The highest BCUT2D eigenvalue weighted by atomic mass is 32.2. The Balaban J connectivity index is 2.93. The summed E-state index contributed by atoms with van der Waals surface area (Å²) < 4.78 is 25.5. The number of benzene rings is 1. The third-order valence-electron chi connectivity index (χ3n) is 1.89. The van der Waals surface area contributed by atoms with Crippen LogP contribution in [0.4, 0.5) is 0 Å². The van der Waals surface area contributed by atoms with Crippen LogP contribution in [-0.4, -0.2) is 27.4 Å². The van der Waals surface area contributed by atoms with E-state index in [1.807, 2.05) is 0 Å². The standard InChI is InChI=1S/C9H13N3O3S/c10-5-6-12-16(14,15)8-3-1-7(2-4-8)9(11)13/h1-4,12H,5-6,10H2,(H2,11,13). The van der Waals surface area contributed by atoms with Gasteiger partial charge >= 0.3 is 0 Å². The van der Waals surface area contributed by atoms with Gasteiger partial charge in [0.15, 0.2) is 0 Å². The van der Waals surface area contributed by atoms with Gasteiger partial charge in [-0.2, -0.15) is 0 Å². The Hall–Kier alpha value is -1.44. The van der Waals surface area contributed by atoms with Gasteiger partial charge in [0.2, 0.25) is 15.9 Å². The molecule has 1 rings (SSSR count). The van der Waals surface area contributed by atoms with Crippen molar-refractivity contribution in [3.63, 3.8) is 0 Å². The second-order valence-corrected chi connectivity index (χ2v) is 4.84. The Morgan fingerprint density at radius 1 is 1.25 bits per heavy atom. The first-order valence-electron chi connectivity index (χ1n) is 4.57. The number of hydrogen-bond acceptors (Lipinski definition) is 4. The zero-order chi connectivity index (χ0) is 12.2. The van der Waals surface area contributed by atoms with Crippen LogP contribution in [0.1, 0.15) is 10.4 Å². The molecule has 0 atom stereocenters. The molecular weight excluding hydrogens is 230 g/mol. The maximum atomic E-state index is 11.6. The van der Waals surface area contributed by atoms with E-state index < -0.39 is 15.9 Å². The van der Waals surface area contributed by atoms with Crippen molar-refractivity contribution in [1.82, 2.24) is 4.72 Å². The second-order valence-electron chi connectivity index (χ2n) is 3.08. The molecule has 0 saturated carbocycles. The summed E-state index contributed by atoms with van der Waals surface area (Å²) in [4.78, 5) is 10.8. The number of nitrogens with one attached hydrogen (secondary N) is 1. The van der Waals surface area contributed by atoms with Crippen molar-refractivity contribution in [1.29, 1.82) is 0 Å². The molecule has 0 radical (unpaired) electrons. The van der Waals surface area contributed by atoms with Crippen LogP contribution in [0.3, 0.4) is 0 Å². The monoisotopic (exact) mass is 243 g/mol. The lowest BCUT2D eigenvalue weighted by Crippen LogP contribution is -2.29. The fourth-order valence-corrected chi connectivity index (χ4v) is 2.12. The molecule has 1 aromatic rings. The molecule has 0 unspecified atom stereocenters. The van der Waals surface area contributed by atoms with Gasteiger partial charge in [-0.3, -0.25) is 4.79 Å². The van der Waals surface area contributed by atoms with E-state index in [2.05, 4.69) is 4.72 Å². The molecule has 0 aromatic heterocycles. The summed E-state index contributed by atoms with van der Waals surface area (Å²) in [6, 6.07) is 5.36. The van der Waals surface area contributed by atoms with Crippen molar-refractivity contribution in [2.45, 2.75) is 4.90 Å². The maximum Gasteiger partial charge on any atom is 0.248 e. The number of carbonyl (C=O) groups is 1. The highest BCUT2D eigenvalue weighted by Gasteiger charge is 2.13. The average molecular weight is 243 g/mol. The summed E-state index contributed by atoms with van der Waals surface area (Å²) in [5, 5.41) is 0. The van der Waals surface area contributed by atoms with Crippen molar-refractivity contribution in [3.8, 4) is 0 Å². The fourth-order valence-electron chi connectivity index (χ4n) is 1.07. The molecule has 0 spiro atoms. The first-order chi connectivity index (χ1) is 7.47. The van der Waals surface area contributed by atoms with Crippen molar-refractivity contribution in [3.05, 3.63) is 29.8 Å². The summed E-state index contributed by atoms with van der Waals surface area (Å²) in [6.45, 7) is 0.387. The molecular formula is C9H13N3O3S. The van der Waals surface area contributed by atoms with Gasteiger partial charge in [0, 0.05) is 18.7 Å². The van der Waals surface area contributed by atoms with Crippen molar-refractivity contribution >= 4 is 15.9 Å². The van der Waals surface area contributed by atoms with Crippen LogP contribution in [0.25, 0.3) is 0 Å². The van der Waals surface area contributed by atoms with E-state index in [1.54, 1.807) is 0 Å². The molecule has 1 aromatic carbocycles. The fraction of sp³-hybridized carbons (Fsp3) is 0.222. The summed E-state index contributed by atoms with van der Waals surface area (Å²) in [7, 11) is -3.55. The lowest BCUT2D eigenvalue weighted by atomic mass is 10.2. The van der Waals surface area contributed by atoms with Crippen molar-refractivity contribution < 1.29 is 13.2 Å². The van der Waals surface area contributed by atoms with Gasteiger partial charge in [-0.25, -0.2) is 13.1 Å². The number of amides is 1. The van der Waals surface area contributed by atoms with Crippen molar-refractivity contribution in [2.75, 3.05) is 13.1 Å². The molecule has 88 valence electrons. The van der Waals surface area contributed by atoms with Crippen LogP contribution in [0.2, 0.25) is 0 Å². The molecule has 0 heterocycles. The SMILES string of the molecule is NCCNS(=O)(=O)c1ccc(C(N)=O)cc1. The van der Waals surface area contributed by atoms with Crippen LogP contribution in [0, 0.1) is 0 Å². The van der Waals surface area contributed by atoms with E-state index in [-0.39, 0.29) is 23.5 Å². The lowest BCUT2D eigenvalue weighted by Gasteiger charge is -2.05. The Kier molecular flexibility index (Phi) is 3.99. The number of primary amides is 1. The van der Waals surface area contributed by atoms with E-state index in [4.69, 9.17) is 11.5 Å². The molecule has 16 heavy (non-hydrogen) atoms. The van der Waals surface area contributed by atoms with Crippen LogP contribution in [-0.2, 0) is 10.0 Å². The van der Waals surface area contributed by atoms with Gasteiger partial charge in [-0.05, 0) is 24.3 Å². The number of carbonyl (C=O) groups excluding carboxylic acids is 1. The highest BCUT2D eigenvalue weighted by Crippen LogP contribution is 2.09. The van der Waals surface area contributed by atoms with E-state index in [0.29, 0.717) is 0 Å². The van der Waals surface area contributed by atoms with Crippen LogP contribution in [0.5, 0.6) is 0 Å². The molecule has 0 aliphatic rings. The third-order valence-corrected chi connectivity index (χ3v) is 3.36. The minimum Gasteiger partial charge on any atom is -0.366 e. The molecule has 1 amide bonds. The van der Waals surface area contributed by atoms with Gasteiger partial charge in [0.25, 0.3) is 0 Å². The van der Waals surface area contributed by atoms with Crippen molar-refractivity contribution in [2.24, 2.45) is 11.5 Å². The maximum absolute atomic E-state index is 11.6. The Morgan fingerprint density at radius 2 is 1.81 bits per heavy atom. The predicted molar refractivity (Wildman–Crippen MR) is 59.2 cm³/mol. The normalized spacial score (nSPS) is 11.3. The minimum atomic E-state index is -3.55. The molecule has 0 aliphatic carbocycles. The third kappa shape index (κ3) is 3.02. The number of sulfonamides is 1. The zero-order valence-corrected chi connectivity index (χ0v) is 9.33. The van der Waals surface area contributed by atoms with Crippen LogP contribution >= 0.6 is 0 Å². The predicted octanol–water partition coefficient (Wildman–Crippen LogP) is -0.977. The van der Waals surface area contributed by atoms with Gasteiger partial charge in [-0.1, -0.05) is 0 Å². The summed E-state index contributed by atoms with van der Waals surface area (Å²) in [6.07, 6.45) is 0. The summed E-state index contributed by atoms with van der Waals surface area (Å²) in [5.74, 6) is -0.598. The lowest BCUT2D eigenvalue weighted by molar-refractivity contribution is 0.1000. The summed E-state index contributed by atoms with van der Waals surface area (Å²) in [5.41, 5.74) is 10.5. The Bertz CT molecular complexity index is 467. The first kappa shape index (κ1) is 12.6. The van der Waals surface area contributed by atoms with E-state index in [0.717, 1.165) is 0 Å². The minimum absolute atomic E-state index is 0.0750. The van der Waals surface area contributed by atoms with Crippen LogP contribution in [0.15, 0.2) is 29.2 Å². The molecule has 0 bridgehead atoms. The molecule has 7 heteroatoms. The average Bonchev–Trinajstić information content (AvgIpc) is 2.26. The number of rotatable bonds is 5. The first-order valence-corrected chi connectivity index (χ1v) is 6.05. The van der Waals surface area contributed by atoms with E-state index in [9.17, 15) is 13.2 Å². The number of nitrogens with two attached hydrogens (primary N) is 2. The smallest absolute Gasteiger partial charge is 0.248 e. The van der Waals surface area contributed by atoms with E-state index in [1.165, 1.54) is 24.3 Å². The van der Waals surface area contributed by atoms with Crippen LogP contribution < -0.4 is 16.2 Å². The largest absolute Gasteiger partial charge is 0.366 e. The topological polar surface area (TPSA) is 115 Å². The van der Waals surface area contributed by atoms with E-state index >= 15 is 0 Å². The molecule has 0 fully saturated rings. The molecule has 5 N–H and O–H groups in total. The molecule has 6 nitrogen and oxygen atoms in total. The Morgan fingerprint density at radius 3 is 2.25 bits per heavy atom. The zero-order valence-electron chi connectivity index (χ0n) is 8.51. The van der Waals surface area contributed by atoms with Gasteiger partial charge in [0.05, 0.1) is 4.90 Å². The Labute approximate surface area is 93.7 Å². The van der Waals surface area contributed by atoms with Gasteiger partial charge < -0.3 is 11.5 Å².